The SMILES string of the molecule is CC(C)(C)N1CCCC[C@@H](N)C1. The van der Waals surface area contributed by atoms with Gasteiger partial charge in [0.1, 0.15) is 0 Å². The maximum atomic E-state index is 5.98. The zero-order valence-electron chi connectivity index (χ0n) is 8.64. The lowest BCUT2D eigenvalue weighted by Crippen LogP contribution is -2.46. The van der Waals surface area contributed by atoms with Crippen molar-refractivity contribution < 1.29 is 0 Å². The molecule has 1 aliphatic heterocycles. The van der Waals surface area contributed by atoms with Gasteiger partial charge in [-0.1, -0.05) is 6.42 Å². The van der Waals surface area contributed by atoms with Crippen LogP contribution in [0.1, 0.15) is 40.0 Å². The average molecular weight is 170 g/mol. The zero-order valence-corrected chi connectivity index (χ0v) is 8.64. The van der Waals surface area contributed by atoms with Crippen molar-refractivity contribution in [3.05, 3.63) is 0 Å². The summed E-state index contributed by atoms with van der Waals surface area (Å²) in [6.45, 7) is 9.10. The fourth-order valence-electron chi connectivity index (χ4n) is 1.78. The van der Waals surface area contributed by atoms with Gasteiger partial charge in [-0.05, 0) is 40.2 Å². The molecule has 0 unspecified atom stereocenters. The fourth-order valence-corrected chi connectivity index (χ4v) is 1.78. The quantitative estimate of drug-likeness (QED) is 0.598. The molecule has 1 atom stereocenters. The summed E-state index contributed by atoms with van der Waals surface area (Å²) in [5.74, 6) is 0. The van der Waals surface area contributed by atoms with Gasteiger partial charge < -0.3 is 5.73 Å². The number of nitrogens with two attached hydrogens (primary N) is 1. The Labute approximate surface area is 76.1 Å². The van der Waals surface area contributed by atoms with E-state index in [0.29, 0.717) is 11.6 Å². The molecule has 2 nitrogen and oxygen atoms in total. The molecule has 1 fully saturated rings. The van der Waals surface area contributed by atoms with Crippen molar-refractivity contribution in [2.75, 3.05) is 13.1 Å². The van der Waals surface area contributed by atoms with Crippen LogP contribution in [-0.2, 0) is 0 Å². The summed E-state index contributed by atoms with van der Waals surface area (Å²) in [4.78, 5) is 2.50. The number of hydrogen-bond acceptors (Lipinski definition) is 2. The summed E-state index contributed by atoms with van der Waals surface area (Å²) in [6.07, 6.45) is 3.81. The van der Waals surface area contributed by atoms with E-state index in [2.05, 4.69) is 25.7 Å². The largest absolute Gasteiger partial charge is 0.327 e. The maximum absolute atomic E-state index is 5.98. The zero-order chi connectivity index (χ0) is 9.19. The summed E-state index contributed by atoms with van der Waals surface area (Å²) in [6, 6.07) is 0.395. The number of rotatable bonds is 0. The van der Waals surface area contributed by atoms with Crippen molar-refractivity contribution in [3.63, 3.8) is 0 Å². The Kier molecular flexibility index (Phi) is 3.13. The summed E-state index contributed by atoms with van der Waals surface area (Å²) < 4.78 is 0. The predicted molar refractivity (Wildman–Crippen MR) is 53.2 cm³/mol. The normalized spacial score (nSPS) is 28.5. The molecule has 0 bridgehead atoms. The first-order valence-corrected chi connectivity index (χ1v) is 5.01. The molecule has 1 saturated heterocycles. The van der Waals surface area contributed by atoms with Gasteiger partial charge in [-0.25, -0.2) is 0 Å². The molecule has 2 heteroatoms. The van der Waals surface area contributed by atoms with Crippen molar-refractivity contribution in [3.8, 4) is 0 Å². The molecule has 0 spiro atoms. The van der Waals surface area contributed by atoms with Crippen LogP contribution in [0.3, 0.4) is 0 Å². The Hall–Kier alpha value is -0.0800. The molecule has 2 N–H and O–H groups in total. The van der Waals surface area contributed by atoms with E-state index in [1.807, 2.05) is 0 Å². The molecule has 1 rings (SSSR count). The lowest BCUT2D eigenvalue weighted by Gasteiger charge is -2.35. The third-order valence-electron chi connectivity index (χ3n) is 2.66. The van der Waals surface area contributed by atoms with Gasteiger partial charge in [-0.3, -0.25) is 4.90 Å². The van der Waals surface area contributed by atoms with Crippen LogP contribution in [-0.4, -0.2) is 29.6 Å². The highest BCUT2D eigenvalue weighted by molar-refractivity contribution is 4.82. The van der Waals surface area contributed by atoms with Crippen molar-refractivity contribution in [2.45, 2.75) is 51.6 Å². The van der Waals surface area contributed by atoms with Crippen molar-refractivity contribution in [2.24, 2.45) is 5.73 Å². The smallest absolute Gasteiger partial charge is 0.0168 e. The highest BCUT2D eigenvalue weighted by Gasteiger charge is 2.24. The van der Waals surface area contributed by atoms with Gasteiger partial charge in [0.25, 0.3) is 0 Å². The Morgan fingerprint density at radius 2 is 1.92 bits per heavy atom. The molecule has 0 aromatic heterocycles. The highest BCUT2D eigenvalue weighted by Crippen LogP contribution is 2.18. The minimum absolute atomic E-state index is 0.294. The van der Waals surface area contributed by atoms with E-state index in [1.54, 1.807) is 0 Å². The Bertz CT molecular complexity index is 137. The Morgan fingerprint density at radius 3 is 2.50 bits per heavy atom. The van der Waals surface area contributed by atoms with Gasteiger partial charge in [0.2, 0.25) is 0 Å². The number of nitrogens with zero attached hydrogens (tertiary/aromatic N) is 1. The second-order valence-electron chi connectivity index (χ2n) is 4.87. The standard InChI is InChI=1S/C10H22N2/c1-10(2,3)12-7-5-4-6-9(11)8-12/h9H,4-8,11H2,1-3H3/t9-/m1/s1. The first-order valence-electron chi connectivity index (χ1n) is 5.01. The van der Waals surface area contributed by atoms with Gasteiger partial charge in [0.05, 0.1) is 0 Å². The van der Waals surface area contributed by atoms with E-state index < -0.39 is 0 Å². The topological polar surface area (TPSA) is 29.3 Å². The van der Waals surface area contributed by atoms with Crippen molar-refractivity contribution >= 4 is 0 Å². The average Bonchev–Trinajstić information content (AvgIpc) is 2.11. The molecule has 0 amide bonds. The first-order chi connectivity index (χ1) is 5.50. The predicted octanol–water partition coefficient (Wildman–Crippen LogP) is 1.60. The third kappa shape index (κ3) is 2.76. The lowest BCUT2D eigenvalue weighted by atomic mass is 10.1. The highest BCUT2D eigenvalue weighted by atomic mass is 15.2. The first kappa shape index (κ1) is 10.0. The Balaban J connectivity index is 2.52. The molecule has 0 radical (unpaired) electrons. The molecule has 1 aliphatic rings. The van der Waals surface area contributed by atoms with E-state index in [0.717, 1.165) is 6.54 Å². The van der Waals surface area contributed by atoms with Crippen LogP contribution in [0.2, 0.25) is 0 Å². The summed E-state index contributed by atoms with van der Waals surface area (Å²) in [5, 5.41) is 0. The fraction of sp³-hybridized carbons (Fsp3) is 1.00. The van der Waals surface area contributed by atoms with Crippen molar-refractivity contribution in [1.29, 1.82) is 0 Å². The molecule has 12 heavy (non-hydrogen) atoms. The van der Waals surface area contributed by atoms with E-state index in [4.69, 9.17) is 5.73 Å². The summed E-state index contributed by atoms with van der Waals surface area (Å²) in [5.41, 5.74) is 6.27. The number of likely N-dealkylation sites (tertiary alicyclic amines) is 1. The summed E-state index contributed by atoms with van der Waals surface area (Å²) in [7, 11) is 0. The van der Waals surface area contributed by atoms with Gasteiger partial charge in [0.15, 0.2) is 0 Å². The molecule has 1 heterocycles. The van der Waals surface area contributed by atoms with E-state index in [-0.39, 0.29) is 0 Å². The van der Waals surface area contributed by atoms with Crippen LogP contribution in [0.4, 0.5) is 0 Å². The monoisotopic (exact) mass is 170 g/mol. The molecule has 0 aromatic carbocycles. The van der Waals surface area contributed by atoms with E-state index >= 15 is 0 Å². The number of hydrogen-bond donors (Lipinski definition) is 1. The maximum Gasteiger partial charge on any atom is 0.0168 e. The summed E-state index contributed by atoms with van der Waals surface area (Å²) >= 11 is 0. The van der Waals surface area contributed by atoms with Gasteiger partial charge >= 0.3 is 0 Å². The van der Waals surface area contributed by atoms with Gasteiger partial charge in [0, 0.05) is 18.1 Å². The van der Waals surface area contributed by atoms with Crippen LogP contribution in [0, 0.1) is 0 Å². The van der Waals surface area contributed by atoms with Crippen molar-refractivity contribution in [1.82, 2.24) is 4.90 Å². The van der Waals surface area contributed by atoms with Crippen LogP contribution in [0.15, 0.2) is 0 Å². The van der Waals surface area contributed by atoms with Crippen LogP contribution < -0.4 is 5.73 Å². The molecule has 0 aromatic rings. The second-order valence-corrected chi connectivity index (χ2v) is 4.87. The minimum Gasteiger partial charge on any atom is -0.327 e. The van der Waals surface area contributed by atoms with Gasteiger partial charge in [-0.2, -0.15) is 0 Å². The molecular formula is C10H22N2. The lowest BCUT2D eigenvalue weighted by molar-refractivity contribution is 0.136. The second kappa shape index (κ2) is 3.75. The molecular weight excluding hydrogens is 148 g/mol. The van der Waals surface area contributed by atoms with Crippen LogP contribution >= 0.6 is 0 Å². The van der Waals surface area contributed by atoms with Crippen LogP contribution in [0.5, 0.6) is 0 Å². The van der Waals surface area contributed by atoms with E-state index in [9.17, 15) is 0 Å². The molecule has 0 saturated carbocycles. The molecule has 0 aliphatic carbocycles. The molecule has 72 valence electrons. The minimum atomic E-state index is 0.294. The van der Waals surface area contributed by atoms with E-state index in [1.165, 1.54) is 25.8 Å². The Morgan fingerprint density at radius 1 is 1.25 bits per heavy atom. The third-order valence-corrected chi connectivity index (χ3v) is 2.66. The van der Waals surface area contributed by atoms with Crippen LogP contribution in [0.25, 0.3) is 0 Å². The van der Waals surface area contributed by atoms with Gasteiger partial charge in [-0.15, -0.1) is 0 Å².